The van der Waals surface area contributed by atoms with E-state index < -0.39 is 12.3 Å². The monoisotopic (exact) mass is 242 g/mol. The van der Waals surface area contributed by atoms with Crippen LogP contribution >= 0.6 is 0 Å². The fourth-order valence-electron chi connectivity index (χ4n) is 1.98. The first-order chi connectivity index (χ1) is 8.13. The molecule has 1 unspecified atom stereocenters. The second-order valence-electron chi connectivity index (χ2n) is 4.17. The van der Waals surface area contributed by atoms with Gasteiger partial charge in [0.1, 0.15) is 12.4 Å². The van der Waals surface area contributed by atoms with Crippen LogP contribution in [-0.2, 0) is 0 Å². The van der Waals surface area contributed by atoms with Gasteiger partial charge in [-0.05, 0) is 17.7 Å². The number of benzene rings is 1. The van der Waals surface area contributed by atoms with Crippen molar-refractivity contribution < 1.29 is 13.5 Å². The average Bonchev–Trinajstić information content (AvgIpc) is 2.30. The highest BCUT2D eigenvalue weighted by molar-refractivity contribution is 5.61. The van der Waals surface area contributed by atoms with Crippen LogP contribution in [0.2, 0.25) is 0 Å². The summed E-state index contributed by atoms with van der Waals surface area (Å²) in [6.07, 6.45) is -2.44. The number of rotatable bonds is 3. The molecule has 0 radical (unpaired) electrons. The van der Waals surface area contributed by atoms with Gasteiger partial charge in [0.25, 0.3) is 0 Å². The highest BCUT2D eigenvalue weighted by Gasteiger charge is 2.23. The van der Waals surface area contributed by atoms with E-state index in [1.54, 1.807) is 18.2 Å². The van der Waals surface area contributed by atoms with Crippen LogP contribution in [0.25, 0.3) is 0 Å². The van der Waals surface area contributed by atoms with E-state index in [1.165, 1.54) is 0 Å². The molecule has 0 aromatic heterocycles. The Hall–Kier alpha value is -1.36. The van der Waals surface area contributed by atoms with Crippen LogP contribution in [0.5, 0.6) is 5.75 Å². The molecule has 17 heavy (non-hydrogen) atoms. The summed E-state index contributed by atoms with van der Waals surface area (Å²) in [5.41, 5.74) is 6.81. The van der Waals surface area contributed by atoms with Crippen molar-refractivity contribution in [1.82, 2.24) is 0 Å². The predicted molar refractivity (Wildman–Crippen MR) is 63.0 cm³/mol. The minimum atomic E-state index is -2.44. The largest absolute Gasteiger partial charge is 0.490 e. The molecule has 0 bridgehead atoms. The number of alkyl halides is 2. The first-order valence-corrected chi connectivity index (χ1v) is 5.59. The number of likely N-dealkylation sites (N-methyl/N-ethyl adjacent to an activating group) is 1. The van der Waals surface area contributed by atoms with Crippen LogP contribution in [0.4, 0.5) is 14.5 Å². The number of nitrogens with two attached hydrogens (primary N) is 1. The maximum Gasteiger partial charge on any atom is 0.246 e. The van der Waals surface area contributed by atoms with E-state index >= 15 is 0 Å². The van der Waals surface area contributed by atoms with Gasteiger partial charge < -0.3 is 15.4 Å². The second kappa shape index (κ2) is 4.87. The van der Waals surface area contributed by atoms with E-state index in [1.807, 2.05) is 11.9 Å². The smallest absolute Gasteiger partial charge is 0.246 e. The van der Waals surface area contributed by atoms with Gasteiger partial charge in [-0.3, -0.25) is 0 Å². The Bertz CT molecular complexity index is 398. The zero-order valence-corrected chi connectivity index (χ0v) is 9.70. The molecular formula is C12H16F2N2O. The average molecular weight is 242 g/mol. The van der Waals surface area contributed by atoms with Gasteiger partial charge in [0.05, 0.1) is 18.2 Å². The van der Waals surface area contributed by atoms with Gasteiger partial charge in [-0.2, -0.15) is 0 Å². The molecule has 5 heteroatoms. The summed E-state index contributed by atoms with van der Waals surface area (Å²) in [7, 11) is 1.92. The maximum atomic E-state index is 12.8. The lowest BCUT2D eigenvalue weighted by Crippen LogP contribution is -2.29. The third-order valence-corrected chi connectivity index (χ3v) is 3.06. The van der Waals surface area contributed by atoms with Crippen molar-refractivity contribution in [3.8, 4) is 5.75 Å². The van der Waals surface area contributed by atoms with Crippen molar-refractivity contribution in [3.63, 3.8) is 0 Å². The zero-order chi connectivity index (χ0) is 12.4. The van der Waals surface area contributed by atoms with Crippen molar-refractivity contribution in [1.29, 1.82) is 0 Å². The molecule has 0 spiro atoms. The van der Waals surface area contributed by atoms with E-state index in [0.717, 1.165) is 18.0 Å². The second-order valence-corrected chi connectivity index (χ2v) is 4.17. The number of hydrogen-bond donors (Lipinski definition) is 1. The van der Waals surface area contributed by atoms with Crippen LogP contribution < -0.4 is 15.4 Å². The molecule has 94 valence electrons. The first kappa shape index (κ1) is 12.1. The summed E-state index contributed by atoms with van der Waals surface area (Å²) in [4.78, 5) is 2.00. The molecule has 1 atom stereocenters. The van der Waals surface area contributed by atoms with Crippen molar-refractivity contribution in [3.05, 3.63) is 23.8 Å². The lowest BCUT2D eigenvalue weighted by atomic mass is 9.98. The molecule has 0 aliphatic carbocycles. The Labute approximate surface area is 99.2 Å². The minimum Gasteiger partial charge on any atom is -0.490 e. The molecule has 0 fully saturated rings. The third kappa shape index (κ3) is 2.34. The summed E-state index contributed by atoms with van der Waals surface area (Å²) in [5, 5.41) is 0. The molecular weight excluding hydrogens is 226 g/mol. The van der Waals surface area contributed by atoms with E-state index in [9.17, 15) is 8.78 Å². The molecule has 0 saturated heterocycles. The van der Waals surface area contributed by atoms with Gasteiger partial charge in [0.15, 0.2) is 0 Å². The fraction of sp³-hybridized carbons (Fsp3) is 0.500. The molecule has 1 aliphatic heterocycles. The summed E-state index contributed by atoms with van der Waals surface area (Å²) >= 11 is 0. The SMILES string of the molecule is CN1CCOc2ccc(C(CN)C(F)F)cc21. The highest BCUT2D eigenvalue weighted by atomic mass is 19.3. The number of ether oxygens (including phenoxy) is 1. The summed E-state index contributed by atoms with van der Waals surface area (Å²) < 4.78 is 31.0. The first-order valence-electron chi connectivity index (χ1n) is 5.59. The summed E-state index contributed by atoms with van der Waals surface area (Å²) in [6, 6.07) is 5.16. The van der Waals surface area contributed by atoms with Crippen LogP contribution in [0.3, 0.4) is 0 Å². The Morgan fingerprint density at radius 3 is 2.88 bits per heavy atom. The Morgan fingerprint density at radius 1 is 1.47 bits per heavy atom. The van der Waals surface area contributed by atoms with E-state index in [-0.39, 0.29) is 6.54 Å². The van der Waals surface area contributed by atoms with Crippen molar-refractivity contribution in [2.45, 2.75) is 12.3 Å². The molecule has 1 aromatic rings. The molecule has 0 amide bonds. The molecule has 1 aliphatic rings. The molecule has 0 saturated carbocycles. The molecule has 1 heterocycles. The number of halogens is 2. The number of anilines is 1. The van der Waals surface area contributed by atoms with Gasteiger partial charge in [-0.1, -0.05) is 6.07 Å². The lowest BCUT2D eigenvalue weighted by Gasteiger charge is -2.29. The van der Waals surface area contributed by atoms with Gasteiger partial charge in [0.2, 0.25) is 6.43 Å². The highest BCUT2D eigenvalue weighted by Crippen LogP contribution is 2.34. The number of fused-ring (bicyclic) bond motifs is 1. The lowest BCUT2D eigenvalue weighted by molar-refractivity contribution is 0.117. The minimum absolute atomic E-state index is 0.0545. The van der Waals surface area contributed by atoms with Gasteiger partial charge in [-0.15, -0.1) is 0 Å². The fourth-order valence-corrected chi connectivity index (χ4v) is 1.98. The van der Waals surface area contributed by atoms with Crippen LogP contribution in [0, 0.1) is 0 Å². The Morgan fingerprint density at radius 2 is 2.24 bits per heavy atom. The van der Waals surface area contributed by atoms with Crippen molar-refractivity contribution in [2.75, 3.05) is 31.6 Å². The van der Waals surface area contributed by atoms with E-state index in [2.05, 4.69) is 0 Å². The van der Waals surface area contributed by atoms with Crippen LogP contribution in [-0.4, -0.2) is 33.2 Å². The van der Waals surface area contributed by atoms with Crippen molar-refractivity contribution >= 4 is 5.69 Å². The van der Waals surface area contributed by atoms with Gasteiger partial charge >= 0.3 is 0 Å². The predicted octanol–water partition coefficient (Wildman–Crippen LogP) is 1.82. The molecule has 2 rings (SSSR count). The normalized spacial score (nSPS) is 16.6. The van der Waals surface area contributed by atoms with Crippen molar-refractivity contribution in [2.24, 2.45) is 5.73 Å². The number of nitrogens with zero attached hydrogens (tertiary/aromatic N) is 1. The molecule has 3 nitrogen and oxygen atoms in total. The Kier molecular flexibility index (Phi) is 3.47. The third-order valence-electron chi connectivity index (χ3n) is 3.06. The standard InChI is InChI=1S/C12H16F2N2O/c1-16-4-5-17-11-3-2-8(6-10(11)16)9(7-15)12(13)14/h2-3,6,9,12H,4-5,7,15H2,1H3. The summed E-state index contributed by atoms with van der Waals surface area (Å²) in [6.45, 7) is 1.33. The van der Waals surface area contributed by atoms with Gasteiger partial charge in [-0.25, -0.2) is 8.78 Å². The van der Waals surface area contributed by atoms with E-state index in [0.29, 0.717) is 12.2 Å². The molecule has 1 aromatic carbocycles. The quantitative estimate of drug-likeness (QED) is 0.878. The molecule has 2 N–H and O–H groups in total. The topological polar surface area (TPSA) is 38.5 Å². The van der Waals surface area contributed by atoms with E-state index in [4.69, 9.17) is 10.5 Å². The number of hydrogen-bond acceptors (Lipinski definition) is 3. The maximum absolute atomic E-state index is 12.8. The summed E-state index contributed by atoms with van der Waals surface area (Å²) in [5.74, 6) is -0.164. The van der Waals surface area contributed by atoms with Crippen LogP contribution in [0.1, 0.15) is 11.5 Å². The zero-order valence-electron chi connectivity index (χ0n) is 9.70. The van der Waals surface area contributed by atoms with Gasteiger partial charge in [0, 0.05) is 13.6 Å². The Balaban J connectivity index is 2.34. The van der Waals surface area contributed by atoms with Crippen LogP contribution in [0.15, 0.2) is 18.2 Å².